The number of fused-ring (bicyclic) bond motifs is 4. The highest BCUT2D eigenvalue weighted by Gasteiger charge is 2.50. The second-order valence-electron chi connectivity index (χ2n) is 10.8. The lowest BCUT2D eigenvalue weighted by molar-refractivity contribution is 0.0361. The summed E-state index contributed by atoms with van der Waals surface area (Å²) >= 11 is 0. The van der Waals surface area contributed by atoms with Gasteiger partial charge < -0.3 is 15.2 Å². The van der Waals surface area contributed by atoms with Crippen LogP contribution >= 0.6 is 0 Å². The Bertz CT molecular complexity index is 1050. The molecule has 0 unspecified atom stereocenters. The summed E-state index contributed by atoms with van der Waals surface area (Å²) in [6.07, 6.45) is 9.68. The van der Waals surface area contributed by atoms with Crippen LogP contribution in [0.3, 0.4) is 0 Å². The number of aryl methyl sites for hydroxylation is 1. The number of aromatic nitrogens is 4. The molecule has 3 fully saturated rings. The van der Waals surface area contributed by atoms with E-state index in [1.807, 2.05) is 6.92 Å². The van der Waals surface area contributed by atoms with E-state index in [2.05, 4.69) is 36.2 Å². The van der Waals surface area contributed by atoms with Gasteiger partial charge in [0.1, 0.15) is 11.3 Å². The van der Waals surface area contributed by atoms with Crippen molar-refractivity contribution in [3.63, 3.8) is 0 Å². The summed E-state index contributed by atoms with van der Waals surface area (Å²) in [6.45, 7) is 8.38. The van der Waals surface area contributed by atoms with Gasteiger partial charge in [0.05, 0.1) is 0 Å². The number of aromatic amines is 1. The van der Waals surface area contributed by atoms with E-state index in [0.29, 0.717) is 29.7 Å². The largest absolute Gasteiger partial charge is 0.336 e. The van der Waals surface area contributed by atoms with Crippen LogP contribution in [-0.2, 0) is 18.5 Å². The molecule has 2 aromatic heterocycles. The normalized spacial score (nSPS) is 24.9. The Morgan fingerprint density at radius 3 is 2.24 bits per heavy atom. The number of imidazole rings is 1. The van der Waals surface area contributed by atoms with Crippen LogP contribution in [0.1, 0.15) is 77.5 Å². The molecule has 3 aliphatic rings. The molecule has 0 saturated heterocycles. The van der Waals surface area contributed by atoms with Gasteiger partial charge in [-0.3, -0.25) is 13.9 Å². The number of H-pyrrole nitrogens is 1. The third-order valence-electron chi connectivity index (χ3n) is 8.12. The van der Waals surface area contributed by atoms with Crippen molar-refractivity contribution in [2.75, 3.05) is 33.7 Å². The van der Waals surface area contributed by atoms with Gasteiger partial charge in [-0.15, -0.1) is 0 Å². The van der Waals surface area contributed by atoms with Crippen LogP contribution < -0.4 is 16.6 Å². The summed E-state index contributed by atoms with van der Waals surface area (Å²) in [7, 11) is 4.25. The molecule has 3 aliphatic carbocycles. The Kier molecular flexibility index (Phi) is 7.15. The smallest absolute Gasteiger partial charge is 0.332 e. The van der Waals surface area contributed by atoms with Crippen LogP contribution in [0.5, 0.6) is 0 Å². The van der Waals surface area contributed by atoms with Crippen molar-refractivity contribution in [3.05, 3.63) is 26.7 Å². The predicted octanol–water partition coefficient (Wildman–Crippen LogP) is 2.84. The SMILES string of the molecule is CCCn1c(=O)c2[nH]c(C34CCC(CNCCCN(C)C)(CC3)CC4)nc2n(CCC)c1=O. The second-order valence-corrected chi connectivity index (χ2v) is 10.8. The van der Waals surface area contributed by atoms with Crippen LogP contribution in [0.25, 0.3) is 11.2 Å². The molecule has 5 rings (SSSR count). The first-order chi connectivity index (χ1) is 15.8. The van der Waals surface area contributed by atoms with Gasteiger partial charge in [-0.2, -0.15) is 0 Å². The van der Waals surface area contributed by atoms with Gasteiger partial charge in [-0.25, -0.2) is 9.78 Å². The van der Waals surface area contributed by atoms with Gasteiger partial charge in [-0.05, 0) is 90.4 Å². The fraction of sp³-hybridized carbons (Fsp3) is 0.800. The van der Waals surface area contributed by atoms with E-state index >= 15 is 0 Å². The number of hydrogen-bond donors (Lipinski definition) is 2. The van der Waals surface area contributed by atoms with Gasteiger partial charge in [0, 0.05) is 25.0 Å². The fourth-order valence-corrected chi connectivity index (χ4v) is 6.02. The van der Waals surface area contributed by atoms with Gasteiger partial charge in [-0.1, -0.05) is 13.8 Å². The Morgan fingerprint density at radius 2 is 1.64 bits per heavy atom. The monoisotopic (exact) mass is 458 g/mol. The molecule has 0 radical (unpaired) electrons. The topological polar surface area (TPSA) is 87.9 Å². The minimum Gasteiger partial charge on any atom is -0.336 e. The zero-order chi connectivity index (χ0) is 23.6. The highest BCUT2D eigenvalue weighted by atomic mass is 16.2. The maximum absolute atomic E-state index is 13.1. The fourth-order valence-electron chi connectivity index (χ4n) is 6.02. The molecule has 3 saturated carbocycles. The summed E-state index contributed by atoms with van der Waals surface area (Å²) in [4.78, 5) is 36.8. The van der Waals surface area contributed by atoms with Crippen molar-refractivity contribution in [3.8, 4) is 0 Å². The summed E-state index contributed by atoms with van der Waals surface area (Å²) < 4.78 is 3.09. The Balaban J connectivity index is 1.55. The molecule has 8 nitrogen and oxygen atoms in total. The van der Waals surface area contributed by atoms with Gasteiger partial charge in [0.25, 0.3) is 5.56 Å². The molecule has 0 spiro atoms. The first-order valence-electron chi connectivity index (χ1n) is 12.9. The van der Waals surface area contributed by atoms with Crippen molar-refractivity contribution < 1.29 is 0 Å². The molecular formula is C25H42N6O2. The van der Waals surface area contributed by atoms with Crippen molar-refractivity contribution >= 4 is 11.2 Å². The predicted molar refractivity (Wildman–Crippen MR) is 133 cm³/mol. The zero-order valence-corrected chi connectivity index (χ0v) is 21.0. The summed E-state index contributed by atoms with van der Waals surface area (Å²) in [5.74, 6) is 0.931. The second kappa shape index (κ2) is 9.74. The van der Waals surface area contributed by atoms with Gasteiger partial charge >= 0.3 is 5.69 Å². The van der Waals surface area contributed by atoms with Crippen LogP contribution in [0.2, 0.25) is 0 Å². The molecule has 2 N–H and O–H groups in total. The Hall–Kier alpha value is -1.93. The van der Waals surface area contributed by atoms with Crippen LogP contribution in [0.4, 0.5) is 0 Å². The standard InChI is InChI=1S/C25H42N6O2/c1-5-15-30-20-19(21(32)31(16-6-2)23(30)33)27-22(28-20)25-11-8-24(9-12-25,10-13-25)18-26-14-7-17-29(3)4/h26H,5-18H2,1-4H3,(H,27,28). The average molecular weight is 459 g/mol. The summed E-state index contributed by atoms with van der Waals surface area (Å²) in [5.41, 5.74) is 1.03. The van der Waals surface area contributed by atoms with Gasteiger partial charge in [0.15, 0.2) is 5.65 Å². The van der Waals surface area contributed by atoms with Crippen LogP contribution in [-0.4, -0.2) is 57.7 Å². The van der Waals surface area contributed by atoms with E-state index in [9.17, 15) is 9.59 Å². The number of hydrogen-bond acceptors (Lipinski definition) is 5. The Morgan fingerprint density at radius 1 is 1.00 bits per heavy atom. The minimum absolute atomic E-state index is 0.0147. The third-order valence-corrected chi connectivity index (χ3v) is 8.12. The average Bonchev–Trinajstić information content (AvgIpc) is 3.27. The van der Waals surface area contributed by atoms with Crippen molar-refractivity contribution in [1.29, 1.82) is 0 Å². The summed E-state index contributed by atoms with van der Waals surface area (Å²) in [6, 6.07) is 0. The van der Waals surface area contributed by atoms with Crippen molar-refractivity contribution in [2.45, 2.75) is 90.1 Å². The van der Waals surface area contributed by atoms with E-state index in [-0.39, 0.29) is 16.7 Å². The molecular weight excluding hydrogens is 416 g/mol. The lowest BCUT2D eigenvalue weighted by Gasteiger charge is -2.52. The molecule has 33 heavy (non-hydrogen) atoms. The molecule has 0 amide bonds. The molecule has 2 aromatic rings. The van der Waals surface area contributed by atoms with Crippen molar-refractivity contribution in [2.24, 2.45) is 5.41 Å². The van der Waals surface area contributed by atoms with E-state index in [4.69, 9.17) is 4.98 Å². The van der Waals surface area contributed by atoms with Gasteiger partial charge in [0.2, 0.25) is 0 Å². The van der Waals surface area contributed by atoms with E-state index in [1.54, 1.807) is 4.57 Å². The number of nitrogens with zero attached hydrogens (tertiary/aromatic N) is 4. The highest BCUT2D eigenvalue weighted by molar-refractivity contribution is 5.70. The quantitative estimate of drug-likeness (QED) is 0.506. The highest BCUT2D eigenvalue weighted by Crippen LogP contribution is 2.57. The lowest BCUT2D eigenvalue weighted by Crippen LogP contribution is -2.49. The molecule has 0 aromatic carbocycles. The molecule has 0 aliphatic heterocycles. The first-order valence-corrected chi connectivity index (χ1v) is 12.9. The molecule has 2 heterocycles. The Labute approximate surface area is 196 Å². The van der Waals surface area contributed by atoms with E-state index in [0.717, 1.165) is 57.6 Å². The molecule has 0 atom stereocenters. The minimum atomic E-state index is -0.224. The van der Waals surface area contributed by atoms with E-state index < -0.39 is 0 Å². The van der Waals surface area contributed by atoms with Crippen LogP contribution in [0.15, 0.2) is 9.59 Å². The molecule has 184 valence electrons. The number of nitrogens with one attached hydrogen (secondary N) is 2. The number of rotatable bonds is 11. The summed E-state index contributed by atoms with van der Waals surface area (Å²) in [5, 5.41) is 3.72. The maximum Gasteiger partial charge on any atom is 0.332 e. The van der Waals surface area contributed by atoms with E-state index in [1.165, 1.54) is 30.3 Å². The third kappa shape index (κ3) is 4.56. The first kappa shape index (κ1) is 24.2. The van der Waals surface area contributed by atoms with Crippen molar-refractivity contribution in [1.82, 2.24) is 29.3 Å². The molecule has 2 bridgehead atoms. The lowest BCUT2D eigenvalue weighted by atomic mass is 9.53. The maximum atomic E-state index is 13.1. The van der Waals surface area contributed by atoms with Crippen LogP contribution in [0, 0.1) is 5.41 Å². The zero-order valence-electron chi connectivity index (χ0n) is 21.0. The molecule has 8 heteroatoms.